The van der Waals surface area contributed by atoms with Crippen LogP contribution in [-0.2, 0) is 6.54 Å². The summed E-state index contributed by atoms with van der Waals surface area (Å²) < 4.78 is 0. The van der Waals surface area contributed by atoms with E-state index in [9.17, 15) is 0 Å². The lowest BCUT2D eigenvalue weighted by atomic mass is 10.0. The van der Waals surface area contributed by atoms with E-state index in [2.05, 4.69) is 69.4 Å². The molecule has 2 nitrogen and oxygen atoms in total. The van der Waals surface area contributed by atoms with Gasteiger partial charge in [-0.2, -0.15) is 0 Å². The number of hydrogen-bond acceptors (Lipinski definition) is 3. The summed E-state index contributed by atoms with van der Waals surface area (Å²) in [6.45, 7) is 13.4. The minimum atomic E-state index is 0.191. The Bertz CT molecular complexity index is 325. The maximum Gasteiger partial charge on any atom is 0.0328 e. The van der Waals surface area contributed by atoms with Crippen LogP contribution in [0.5, 0.6) is 0 Å². The molecule has 0 amide bonds. The van der Waals surface area contributed by atoms with E-state index in [0.29, 0.717) is 12.0 Å². The van der Waals surface area contributed by atoms with Gasteiger partial charge in [-0.05, 0) is 45.2 Å². The van der Waals surface area contributed by atoms with E-state index in [1.54, 1.807) is 0 Å². The van der Waals surface area contributed by atoms with Crippen molar-refractivity contribution in [1.82, 2.24) is 10.2 Å². The highest BCUT2D eigenvalue weighted by molar-refractivity contribution is 7.09. The van der Waals surface area contributed by atoms with Crippen molar-refractivity contribution in [2.45, 2.75) is 52.7 Å². The summed E-state index contributed by atoms with van der Waals surface area (Å²) in [5.74, 6) is 0.657. The number of nitrogens with one attached hydrogen (secondary N) is 1. The Morgan fingerprint density at radius 2 is 2.00 bits per heavy atom. The van der Waals surface area contributed by atoms with E-state index in [0.717, 1.165) is 13.1 Å². The van der Waals surface area contributed by atoms with Gasteiger partial charge in [-0.15, -0.1) is 11.3 Å². The molecule has 18 heavy (non-hydrogen) atoms. The summed E-state index contributed by atoms with van der Waals surface area (Å²) in [5.41, 5.74) is 0.191. The van der Waals surface area contributed by atoms with Crippen LogP contribution in [-0.4, -0.2) is 30.1 Å². The second-order valence-corrected chi connectivity index (χ2v) is 7.47. The first-order valence-electron chi connectivity index (χ1n) is 6.77. The second-order valence-electron chi connectivity index (χ2n) is 6.44. The standard InChI is InChI=1S/C15H28N2S/c1-12(2)14(10-16-15(3,4)5)17(6)11-13-8-7-9-18-13/h7-9,12,14,16H,10-11H2,1-6H3. The molecule has 0 saturated heterocycles. The molecule has 0 aliphatic carbocycles. The predicted octanol–water partition coefficient (Wildman–Crippen LogP) is 3.59. The molecule has 1 unspecified atom stereocenters. The summed E-state index contributed by atoms with van der Waals surface area (Å²) in [6, 6.07) is 4.92. The van der Waals surface area contributed by atoms with Crippen LogP contribution >= 0.6 is 11.3 Å². The van der Waals surface area contributed by atoms with Crippen molar-refractivity contribution in [2.24, 2.45) is 5.92 Å². The molecule has 0 radical (unpaired) electrons. The fraction of sp³-hybridized carbons (Fsp3) is 0.733. The fourth-order valence-electron chi connectivity index (χ4n) is 2.08. The monoisotopic (exact) mass is 268 g/mol. The molecule has 0 aliphatic rings. The van der Waals surface area contributed by atoms with Gasteiger partial charge in [-0.1, -0.05) is 19.9 Å². The molecular weight excluding hydrogens is 240 g/mol. The topological polar surface area (TPSA) is 15.3 Å². The Morgan fingerprint density at radius 1 is 1.33 bits per heavy atom. The zero-order valence-corrected chi connectivity index (χ0v) is 13.5. The highest BCUT2D eigenvalue weighted by Crippen LogP contribution is 2.16. The van der Waals surface area contributed by atoms with Crippen LogP contribution in [0.3, 0.4) is 0 Å². The van der Waals surface area contributed by atoms with E-state index in [4.69, 9.17) is 0 Å². The van der Waals surface area contributed by atoms with Crippen molar-refractivity contribution in [3.05, 3.63) is 22.4 Å². The molecule has 0 saturated carbocycles. The highest BCUT2D eigenvalue weighted by Gasteiger charge is 2.21. The molecule has 0 fully saturated rings. The van der Waals surface area contributed by atoms with E-state index in [1.807, 2.05) is 11.3 Å². The first kappa shape index (κ1) is 15.7. The molecule has 0 aromatic carbocycles. The Morgan fingerprint density at radius 3 is 2.44 bits per heavy atom. The first-order chi connectivity index (χ1) is 8.29. The molecule has 0 spiro atoms. The largest absolute Gasteiger partial charge is 0.311 e. The van der Waals surface area contributed by atoms with Gasteiger partial charge in [0.1, 0.15) is 0 Å². The molecular formula is C15H28N2S. The Kier molecular flexibility index (Phi) is 5.83. The summed E-state index contributed by atoms with van der Waals surface area (Å²) in [4.78, 5) is 3.91. The summed E-state index contributed by atoms with van der Waals surface area (Å²) in [5, 5.41) is 5.78. The van der Waals surface area contributed by atoms with Crippen molar-refractivity contribution < 1.29 is 0 Å². The van der Waals surface area contributed by atoms with E-state index >= 15 is 0 Å². The van der Waals surface area contributed by atoms with Crippen LogP contribution in [0, 0.1) is 5.92 Å². The molecule has 0 bridgehead atoms. The molecule has 1 atom stereocenters. The second kappa shape index (κ2) is 6.69. The van der Waals surface area contributed by atoms with Crippen LogP contribution in [0.1, 0.15) is 39.5 Å². The number of likely N-dealkylation sites (N-methyl/N-ethyl adjacent to an activating group) is 1. The molecule has 3 heteroatoms. The minimum absolute atomic E-state index is 0.191. The zero-order valence-electron chi connectivity index (χ0n) is 12.7. The van der Waals surface area contributed by atoms with Gasteiger partial charge in [-0.3, -0.25) is 4.90 Å². The van der Waals surface area contributed by atoms with Crippen molar-refractivity contribution >= 4 is 11.3 Å². The van der Waals surface area contributed by atoms with Gasteiger partial charge in [0.15, 0.2) is 0 Å². The Labute approximate surface area is 116 Å². The van der Waals surface area contributed by atoms with Crippen LogP contribution in [0.2, 0.25) is 0 Å². The quantitative estimate of drug-likeness (QED) is 0.848. The highest BCUT2D eigenvalue weighted by atomic mass is 32.1. The summed E-state index contributed by atoms with van der Waals surface area (Å²) >= 11 is 1.84. The van der Waals surface area contributed by atoms with Gasteiger partial charge in [-0.25, -0.2) is 0 Å². The lowest BCUT2D eigenvalue weighted by Crippen LogP contribution is -2.48. The van der Waals surface area contributed by atoms with E-state index in [-0.39, 0.29) is 5.54 Å². The number of hydrogen-bond donors (Lipinski definition) is 1. The Hall–Kier alpha value is -0.380. The average molecular weight is 268 g/mol. The molecule has 1 heterocycles. The number of thiophene rings is 1. The summed E-state index contributed by atoms with van der Waals surface area (Å²) in [7, 11) is 2.23. The van der Waals surface area contributed by atoms with Crippen LogP contribution < -0.4 is 5.32 Å². The minimum Gasteiger partial charge on any atom is -0.311 e. The van der Waals surface area contributed by atoms with E-state index in [1.165, 1.54) is 4.88 Å². The van der Waals surface area contributed by atoms with Gasteiger partial charge >= 0.3 is 0 Å². The maximum absolute atomic E-state index is 3.63. The fourth-order valence-corrected chi connectivity index (χ4v) is 2.84. The van der Waals surface area contributed by atoms with E-state index < -0.39 is 0 Å². The SMILES string of the molecule is CC(C)C(CNC(C)(C)C)N(C)Cc1cccs1. The molecule has 1 rings (SSSR count). The van der Waals surface area contributed by atoms with Crippen molar-refractivity contribution in [2.75, 3.05) is 13.6 Å². The van der Waals surface area contributed by atoms with Crippen molar-refractivity contribution in [3.63, 3.8) is 0 Å². The van der Waals surface area contributed by atoms with Crippen LogP contribution in [0.25, 0.3) is 0 Å². The summed E-state index contributed by atoms with van der Waals surface area (Å²) in [6.07, 6.45) is 0. The predicted molar refractivity (Wildman–Crippen MR) is 82.2 cm³/mol. The number of rotatable bonds is 6. The molecule has 104 valence electrons. The molecule has 1 aromatic rings. The van der Waals surface area contributed by atoms with Gasteiger partial charge in [0.05, 0.1) is 0 Å². The van der Waals surface area contributed by atoms with Crippen molar-refractivity contribution in [3.8, 4) is 0 Å². The molecule has 1 aromatic heterocycles. The zero-order chi connectivity index (χ0) is 13.8. The normalized spacial score (nSPS) is 14.4. The Balaban J connectivity index is 2.55. The third kappa shape index (κ3) is 5.51. The third-order valence-corrected chi connectivity index (χ3v) is 4.02. The van der Waals surface area contributed by atoms with Crippen LogP contribution in [0.4, 0.5) is 0 Å². The van der Waals surface area contributed by atoms with Crippen LogP contribution in [0.15, 0.2) is 17.5 Å². The lowest BCUT2D eigenvalue weighted by Gasteiger charge is -2.34. The van der Waals surface area contributed by atoms with Gasteiger partial charge < -0.3 is 5.32 Å². The van der Waals surface area contributed by atoms with Gasteiger partial charge in [0.2, 0.25) is 0 Å². The smallest absolute Gasteiger partial charge is 0.0328 e. The average Bonchev–Trinajstić information content (AvgIpc) is 2.67. The maximum atomic E-state index is 3.63. The first-order valence-corrected chi connectivity index (χ1v) is 7.65. The lowest BCUT2D eigenvalue weighted by molar-refractivity contribution is 0.171. The third-order valence-electron chi connectivity index (χ3n) is 3.16. The molecule has 0 aliphatic heterocycles. The van der Waals surface area contributed by atoms with Crippen molar-refractivity contribution in [1.29, 1.82) is 0 Å². The van der Waals surface area contributed by atoms with Gasteiger partial charge in [0, 0.05) is 29.5 Å². The number of nitrogens with zero attached hydrogens (tertiary/aromatic N) is 1. The molecule has 1 N–H and O–H groups in total. The van der Waals surface area contributed by atoms with Gasteiger partial charge in [0.25, 0.3) is 0 Å².